The molecule has 4 heteroatoms. The SMILES string of the molecule is C=C1C(=O)O[C@@H]2C[C@@H](C)[C@@H]3CC(=O)OC[C@]3(C)C[C@H]12. The van der Waals surface area contributed by atoms with Gasteiger partial charge in [-0.2, -0.15) is 0 Å². The monoisotopic (exact) mass is 264 g/mol. The van der Waals surface area contributed by atoms with Gasteiger partial charge in [0.1, 0.15) is 6.10 Å². The zero-order valence-electron chi connectivity index (χ0n) is 11.5. The third-order valence-corrected chi connectivity index (χ3v) is 5.24. The molecule has 3 aliphatic rings. The van der Waals surface area contributed by atoms with Gasteiger partial charge in [0.15, 0.2) is 0 Å². The predicted octanol–water partition coefficient (Wildman–Crippen LogP) is 2.08. The highest BCUT2D eigenvalue weighted by molar-refractivity contribution is 5.90. The summed E-state index contributed by atoms with van der Waals surface area (Å²) < 4.78 is 10.7. The molecule has 0 N–H and O–H groups in total. The van der Waals surface area contributed by atoms with Gasteiger partial charge in [0.25, 0.3) is 0 Å². The average Bonchev–Trinajstić information content (AvgIpc) is 2.54. The first-order valence-corrected chi connectivity index (χ1v) is 6.96. The molecule has 0 radical (unpaired) electrons. The maximum absolute atomic E-state index is 11.7. The first-order chi connectivity index (χ1) is 8.90. The fourth-order valence-corrected chi connectivity index (χ4v) is 4.11. The smallest absolute Gasteiger partial charge is 0.334 e. The molecular weight excluding hydrogens is 244 g/mol. The van der Waals surface area contributed by atoms with Crippen molar-refractivity contribution in [3.63, 3.8) is 0 Å². The fraction of sp³-hybridized carbons (Fsp3) is 0.733. The molecule has 1 aliphatic carbocycles. The molecule has 0 aromatic heterocycles. The molecule has 0 bridgehead atoms. The van der Waals surface area contributed by atoms with Gasteiger partial charge in [-0.25, -0.2) is 4.79 Å². The third-order valence-electron chi connectivity index (χ3n) is 5.24. The number of fused-ring (bicyclic) bond motifs is 2. The Bertz CT molecular complexity index is 455. The number of cyclic esters (lactones) is 1. The van der Waals surface area contributed by atoms with E-state index in [9.17, 15) is 9.59 Å². The Morgan fingerprint density at radius 2 is 2.11 bits per heavy atom. The van der Waals surface area contributed by atoms with Crippen molar-refractivity contribution in [1.82, 2.24) is 0 Å². The number of carbonyl (C=O) groups excluding carboxylic acids is 2. The van der Waals surface area contributed by atoms with E-state index in [1.807, 2.05) is 0 Å². The van der Waals surface area contributed by atoms with E-state index in [0.29, 0.717) is 30.4 Å². The summed E-state index contributed by atoms with van der Waals surface area (Å²) in [6, 6.07) is 0. The van der Waals surface area contributed by atoms with Crippen LogP contribution in [0.15, 0.2) is 12.2 Å². The maximum atomic E-state index is 11.7. The van der Waals surface area contributed by atoms with Crippen LogP contribution in [0.1, 0.15) is 33.1 Å². The largest absolute Gasteiger partial charge is 0.465 e. The number of esters is 2. The van der Waals surface area contributed by atoms with Crippen LogP contribution in [-0.2, 0) is 19.1 Å². The van der Waals surface area contributed by atoms with Gasteiger partial charge in [0.05, 0.1) is 6.61 Å². The summed E-state index contributed by atoms with van der Waals surface area (Å²) >= 11 is 0. The Hall–Kier alpha value is -1.32. The second-order valence-corrected chi connectivity index (χ2v) is 6.62. The Morgan fingerprint density at radius 1 is 1.37 bits per heavy atom. The van der Waals surface area contributed by atoms with Crippen molar-refractivity contribution < 1.29 is 19.1 Å². The lowest BCUT2D eigenvalue weighted by atomic mass is 9.66. The minimum atomic E-state index is -0.253. The van der Waals surface area contributed by atoms with Crippen LogP contribution in [-0.4, -0.2) is 24.6 Å². The van der Waals surface area contributed by atoms with Crippen LogP contribution >= 0.6 is 0 Å². The van der Waals surface area contributed by atoms with Crippen LogP contribution in [0.4, 0.5) is 0 Å². The molecule has 0 aromatic carbocycles. The van der Waals surface area contributed by atoms with Crippen molar-refractivity contribution in [2.24, 2.45) is 23.2 Å². The summed E-state index contributed by atoms with van der Waals surface area (Å²) in [6.45, 7) is 8.65. The second-order valence-electron chi connectivity index (χ2n) is 6.62. The molecule has 3 fully saturated rings. The molecule has 2 saturated heterocycles. The molecular formula is C15H20O4. The highest BCUT2D eigenvalue weighted by Gasteiger charge is 2.52. The number of carbonyl (C=O) groups is 2. The molecule has 0 amide bonds. The molecule has 3 rings (SSSR count). The minimum absolute atomic E-state index is 0.0625. The highest BCUT2D eigenvalue weighted by Crippen LogP contribution is 2.52. The number of hydrogen-bond acceptors (Lipinski definition) is 4. The normalized spacial score (nSPS) is 45.9. The summed E-state index contributed by atoms with van der Waals surface area (Å²) in [5, 5.41) is 0. The summed E-state index contributed by atoms with van der Waals surface area (Å²) in [4.78, 5) is 23.2. The Kier molecular flexibility index (Phi) is 2.73. The van der Waals surface area contributed by atoms with Crippen LogP contribution in [0.2, 0.25) is 0 Å². The first-order valence-electron chi connectivity index (χ1n) is 6.96. The Morgan fingerprint density at radius 3 is 2.84 bits per heavy atom. The summed E-state index contributed by atoms with van der Waals surface area (Å²) in [5.41, 5.74) is 0.528. The summed E-state index contributed by atoms with van der Waals surface area (Å²) in [7, 11) is 0. The molecule has 2 heterocycles. The van der Waals surface area contributed by atoms with Crippen LogP contribution in [0.5, 0.6) is 0 Å². The standard InChI is InChI=1S/C15H20O4/c1-8-4-12-10(9(2)14(17)19-12)6-15(3)7-18-13(16)5-11(8)15/h8,10-12H,2,4-7H2,1,3H3/t8-,10-,11+,12-,15+/m1/s1. The van der Waals surface area contributed by atoms with Gasteiger partial charge in [-0.1, -0.05) is 20.4 Å². The number of hydrogen-bond donors (Lipinski definition) is 0. The fourth-order valence-electron chi connectivity index (χ4n) is 4.11. The Labute approximate surface area is 113 Å². The van der Waals surface area contributed by atoms with E-state index in [1.54, 1.807) is 0 Å². The molecule has 19 heavy (non-hydrogen) atoms. The Balaban J connectivity index is 1.93. The van der Waals surface area contributed by atoms with Crippen molar-refractivity contribution in [2.75, 3.05) is 6.61 Å². The van der Waals surface area contributed by atoms with Crippen molar-refractivity contribution in [2.45, 2.75) is 39.2 Å². The van der Waals surface area contributed by atoms with E-state index in [-0.39, 0.29) is 29.4 Å². The zero-order valence-corrected chi connectivity index (χ0v) is 11.5. The lowest BCUT2D eigenvalue weighted by molar-refractivity contribution is -0.162. The quantitative estimate of drug-likeness (QED) is 0.496. The molecule has 0 unspecified atom stereocenters. The van der Waals surface area contributed by atoms with Crippen LogP contribution in [0.3, 0.4) is 0 Å². The average molecular weight is 264 g/mol. The molecule has 4 nitrogen and oxygen atoms in total. The van der Waals surface area contributed by atoms with Gasteiger partial charge in [-0.3, -0.25) is 4.79 Å². The lowest BCUT2D eigenvalue weighted by Gasteiger charge is -2.42. The predicted molar refractivity (Wildman–Crippen MR) is 68.1 cm³/mol. The van der Waals surface area contributed by atoms with Gasteiger partial charge < -0.3 is 9.47 Å². The van der Waals surface area contributed by atoms with Crippen molar-refractivity contribution in [3.8, 4) is 0 Å². The second kappa shape index (κ2) is 4.09. The minimum Gasteiger partial charge on any atom is -0.465 e. The van der Waals surface area contributed by atoms with Crippen LogP contribution < -0.4 is 0 Å². The third kappa shape index (κ3) is 1.88. The molecule has 0 aromatic rings. The molecule has 1 saturated carbocycles. The lowest BCUT2D eigenvalue weighted by Crippen LogP contribution is -2.42. The summed E-state index contributed by atoms with van der Waals surface area (Å²) in [5.74, 6) is 0.397. The van der Waals surface area contributed by atoms with Crippen molar-refractivity contribution in [3.05, 3.63) is 12.2 Å². The van der Waals surface area contributed by atoms with Crippen LogP contribution in [0.25, 0.3) is 0 Å². The molecule has 0 spiro atoms. The van der Waals surface area contributed by atoms with Gasteiger partial charge in [0.2, 0.25) is 0 Å². The topological polar surface area (TPSA) is 52.6 Å². The van der Waals surface area contributed by atoms with E-state index in [2.05, 4.69) is 20.4 Å². The zero-order chi connectivity index (χ0) is 13.8. The van der Waals surface area contributed by atoms with E-state index in [4.69, 9.17) is 9.47 Å². The van der Waals surface area contributed by atoms with Gasteiger partial charge in [-0.15, -0.1) is 0 Å². The van der Waals surface area contributed by atoms with Crippen molar-refractivity contribution >= 4 is 11.9 Å². The van der Waals surface area contributed by atoms with E-state index in [1.165, 1.54) is 0 Å². The van der Waals surface area contributed by atoms with Gasteiger partial charge in [-0.05, 0) is 24.7 Å². The highest BCUT2D eigenvalue weighted by atomic mass is 16.6. The van der Waals surface area contributed by atoms with Crippen molar-refractivity contribution in [1.29, 1.82) is 0 Å². The molecule has 104 valence electrons. The maximum Gasteiger partial charge on any atom is 0.334 e. The number of ether oxygens (including phenoxy) is 2. The number of rotatable bonds is 0. The van der Waals surface area contributed by atoms with Gasteiger partial charge >= 0.3 is 11.9 Å². The van der Waals surface area contributed by atoms with E-state index < -0.39 is 0 Å². The molecule has 5 atom stereocenters. The summed E-state index contributed by atoms with van der Waals surface area (Å²) in [6.07, 6.45) is 2.07. The molecule has 2 aliphatic heterocycles. The van der Waals surface area contributed by atoms with Crippen LogP contribution in [0, 0.1) is 23.2 Å². The van der Waals surface area contributed by atoms with Gasteiger partial charge in [0, 0.05) is 23.3 Å². The first kappa shape index (κ1) is 12.7. The van der Waals surface area contributed by atoms with E-state index >= 15 is 0 Å². The van der Waals surface area contributed by atoms with E-state index in [0.717, 1.165) is 12.8 Å².